The molecule has 2 atom stereocenters. The van der Waals surface area contributed by atoms with Gasteiger partial charge >= 0.3 is 7.67 Å². The highest BCUT2D eigenvalue weighted by atomic mass is 31.2. The summed E-state index contributed by atoms with van der Waals surface area (Å²) < 4.78 is 26.8. The van der Waals surface area contributed by atoms with Crippen LogP contribution in [0.25, 0.3) is 11.2 Å². The van der Waals surface area contributed by atoms with Crippen LogP contribution >= 0.6 is 7.67 Å². The van der Waals surface area contributed by atoms with Gasteiger partial charge in [0.25, 0.3) is 0 Å². The Kier molecular flexibility index (Phi) is 6.83. The molecule has 1 fully saturated rings. The van der Waals surface area contributed by atoms with Crippen molar-refractivity contribution in [3.8, 4) is 0 Å². The molecule has 32 heavy (non-hydrogen) atoms. The number of nitrogens with one attached hydrogen (secondary N) is 2. The van der Waals surface area contributed by atoms with E-state index in [-0.39, 0.29) is 30.7 Å². The van der Waals surface area contributed by atoms with E-state index in [9.17, 15) is 4.57 Å². The van der Waals surface area contributed by atoms with Crippen molar-refractivity contribution in [3.63, 3.8) is 0 Å². The van der Waals surface area contributed by atoms with Crippen molar-refractivity contribution in [2.45, 2.75) is 65.0 Å². The van der Waals surface area contributed by atoms with Crippen LogP contribution in [0.15, 0.2) is 18.5 Å². The SMILES string of the molecule is CC(C)NP(=O)(NC(C)C)OC[C@H]1C=C[C@@H](n2cnc3c(N4CCCC4)nc(N)nc32)O1. The molecule has 4 rings (SSSR count). The maximum atomic E-state index is 13.1. The summed E-state index contributed by atoms with van der Waals surface area (Å²) in [7, 11) is -3.20. The number of anilines is 2. The average Bonchev–Trinajstić information content (AvgIpc) is 3.44. The molecule has 0 spiro atoms. The van der Waals surface area contributed by atoms with Crippen LogP contribution in [0.4, 0.5) is 11.8 Å². The summed E-state index contributed by atoms with van der Waals surface area (Å²) in [5, 5.41) is 6.01. The van der Waals surface area contributed by atoms with Gasteiger partial charge in [-0.05, 0) is 46.6 Å². The van der Waals surface area contributed by atoms with E-state index in [0.29, 0.717) is 11.2 Å². The van der Waals surface area contributed by atoms with Gasteiger partial charge in [0.1, 0.15) is 6.10 Å². The van der Waals surface area contributed by atoms with Crippen LogP contribution in [0.5, 0.6) is 0 Å². The lowest BCUT2D eigenvalue weighted by molar-refractivity contribution is -0.00171. The number of nitrogens with zero attached hydrogens (tertiary/aromatic N) is 5. The zero-order chi connectivity index (χ0) is 22.9. The predicted octanol–water partition coefficient (Wildman–Crippen LogP) is 2.58. The molecule has 4 N–H and O–H groups in total. The van der Waals surface area contributed by atoms with Crippen LogP contribution in [-0.2, 0) is 13.8 Å². The van der Waals surface area contributed by atoms with E-state index in [1.54, 1.807) is 6.33 Å². The van der Waals surface area contributed by atoms with Gasteiger partial charge in [0.2, 0.25) is 5.95 Å². The molecule has 11 nitrogen and oxygen atoms in total. The van der Waals surface area contributed by atoms with Crippen LogP contribution in [0, 0.1) is 0 Å². The molecule has 1 saturated heterocycles. The average molecular weight is 465 g/mol. The molecule has 2 aromatic rings. The van der Waals surface area contributed by atoms with Gasteiger partial charge in [-0.3, -0.25) is 9.13 Å². The van der Waals surface area contributed by atoms with E-state index in [1.165, 1.54) is 0 Å². The van der Waals surface area contributed by atoms with Crippen molar-refractivity contribution in [1.29, 1.82) is 0 Å². The lowest BCUT2D eigenvalue weighted by atomic mass is 10.4. The number of nitrogen functional groups attached to an aromatic ring is 1. The lowest BCUT2D eigenvalue weighted by Gasteiger charge is -2.25. The minimum Gasteiger partial charge on any atom is -0.368 e. The number of ether oxygens (including phenoxy) is 1. The molecule has 0 saturated carbocycles. The molecule has 2 aromatic heterocycles. The van der Waals surface area contributed by atoms with Gasteiger partial charge in [0, 0.05) is 25.2 Å². The fourth-order valence-electron chi connectivity index (χ4n) is 3.97. The first-order valence-electron chi connectivity index (χ1n) is 11.1. The molecule has 0 radical (unpaired) electrons. The number of hydrogen-bond donors (Lipinski definition) is 3. The molecule has 0 unspecified atom stereocenters. The Morgan fingerprint density at radius 3 is 2.53 bits per heavy atom. The van der Waals surface area contributed by atoms with Crippen LogP contribution in [0.3, 0.4) is 0 Å². The Labute approximate surface area is 188 Å². The maximum absolute atomic E-state index is 13.1. The van der Waals surface area contributed by atoms with Crippen molar-refractivity contribution in [2.75, 3.05) is 30.3 Å². The summed E-state index contributed by atoms with van der Waals surface area (Å²) in [5.41, 5.74) is 7.35. The van der Waals surface area contributed by atoms with Crippen LogP contribution in [0.2, 0.25) is 0 Å². The van der Waals surface area contributed by atoms with Crippen molar-refractivity contribution >= 4 is 30.6 Å². The number of nitrogens with two attached hydrogens (primary N) is 1. The molecule has 0 aliphatic carbocycles. The highest BCUT2D eigenvalue weighted by Crippen LogP contribution is 2.40. The van der Waals surface area contributed by atoms with E-state index in [4.69, 9.17) is 15.0 Å². The highest BCUT2D eigenvalue weighted by molar-refractivity contribution is 7.54. The molecular weight excluding hydrogens is 431 g/mol. The number of rotatable bonds is 9. The molecule has 0 amide bonds. The first-order chi connectivity index (χ1) is 15.2. The topological polar surface area (TPSA) is 132 Å². The molecule has 0 aromatic carbocycles. The summed E-state index contributed by atoms with van der Waals surface area (Å²) in [5.74, 6) is 0.981. The number of fused-ring (bicyclic) bond motifs is 1. The Balaban J connectivity index is 1.47. The maximum Gasteiger partial charge on any atom is 0.341 e. The van der Waals surface area contributed by atoms with E-state index >= 15 is 0 Å². The summed E-state index contributed by atoms with van der Waals surface area (Å²) in [6, 6.07) is 0.0132. The van der Waals surface area contributed by atoms with Crippen molar-refractivity contribution in [2.24, 2.45) is 0 Å². The predicted molar refractivity (Wildman–Crippen MR) is 124 cm³/mol. The molecular formula is C20H33N8O3P. The zero-order valence-electron chi connectivity index (χ0n) is 19.1. The molecule has 12 heteroatoms. The van der Waals surface area contributed by atoms with Crippen LogP contribution in [0.1, 0.15) is 46.8 Å². The Morgan fingerprint density at radius 2 is 1.88 bits per heavy atom. The van der Waals surface area contributed by atoms with Gasteiger partial charge in [-0.25, -0.2) is 15.2 Å². The molecule has 176 valence electrons. The van der Waals surface area contributed by atoms with Gasteiger partial charge in [-0.2, -0.15) is 9.97 Å². The van der Waals surface area contributed by atoms with Crippen LogP contribution < -0.4 is 20.8 Å². The zero-order valence-corrected chi connectivity index (χ0v) is 20.0. The number of hydrogen-bond acceptors (Lipinski definition) is 8. The second-order valence-corrected chi connectivity index (χ2v) is 10.7. The van der Waals surface area contributed by atoms with Gasteiger partial charge in [0.05, 0.1) is 12.9 Å². The van der Waals surface area contributed by atoms with E-state index in [1.807, 2.05) is 44.4 Å². The van der Waals surface area contributed by atoms with E-state index < -0.39 is 13.9 Å². The third-order valence-electron chi connectivity index (χ3n) is 5.18. The molecule has 4 heterocycles. The summed E-state index contributed by atoms with van der Waals surface area (Å²) in [6.45, 7) is 9.72. The van der Waals surface area contributed by atoms with Gasteiger partial charge in [-0.1, -0.05) is 6.08 Å². The van der Waals surface area contributed by atoms with Crippen molar-refractivity contribution in [1.82, 2.24) is 29.7 Å². The van der Waals surface area contributed by atoms with Gasteiger partial charge < -0.3 is 19.9 Å². The normalized spacial score (nSPS) is 21.6. The first-order valence-corrected chi connectivity index (χ1v) is 12.8. The van der Waals surface area contributed by atoms with E-state index in [0.717, 1.165) is 31.7 Å². The number of imidazole rings is 1. The van der Waals surface area contributed by atoms with Crippen molar-refractivity contribution < 1.29 is 13.8 Å². The highest BCUT2D eigenvalue weighted by Gasteiger charge is 2.30. The van der Waals surface area contributed by atoms with Gasteiger partial charge in [0.15, 0.2) is 23.2 Å². The Morgan fingerprint density at radius 1 is 1.19 bits per heavy atom. The van der Waals surface area contributed by atoms with E-state index in [2.05, 4.69) is 30.0 Å². The second-order valence-electron chi connectivity index (χ2n) is 8.79. The molecule has 2 aliphatic heterocycles. The summed E-state index contributed by atoms with van der Waals surface area (Å²) in [4.78, 5) is 15.6. The molecule has 0 bridgehead atoms. The third-order valence-corrected chi connectivity index (χ3v) is 7.41. The van der Waals surface area contributed by atoms with Crippen LogP contribution in [-0.4, -0.2) is 57.4 Å². The number of aromatic nitrogens is 4. The third kappa shape index (κ3) is 5.13. The minimum atomic E-state index is -3.20. The second kappa shape index (κ2) is 9.44. The van der Waals surface area contributed by atoms with Crippen molar-refractivity contribution in [3.05, 3.63) is 18.5 Å². The lowest BCUT2D eigenvalue weighted by Crippen LogP contribution is -2.34. The molecule has 2 aliphatic rings. The first kappa shape index (κ1) is 23.1. The smallest absolute Gasteiger partial charge is 0.341 e. The Hall–Kier alpha value is -2.04. The Bertz CT molecular complexity index is 1000. The fraction of sp³-hybridized carbons (Fsp3) is 0.650. The summed E-state index contributed by atoms with van der Waals surface area (Å²) in [6.07, 6.45) is 7.00. The summed E-state index contributed by atoms with van der Waals surface area (Å²) >= 11 is 0. The standard InChI is InChI=1S/C20H33N8O3P/c1-13(2)25-32(29,26-14(3)4)30-11-15-7-8-16(31-15)28-12-22-17-18(27-9-5-6-10-27)23-20(21)24-19(17)28/h7-8,12-16H,5-6,9-11H2,1-4H3,(H2,21,23,24)(H2,25,26,29)/t15-,16+/m1/s1. The largest absolute Gasteiger partial charge is 0.368 e. The fourth-order valence-corrected chi connectivity index (χ4v) is 5.91. The minimum absolute atomic E-state index is 0.00660. The monoisotopic (exact) mass is 464 g/mol. The quantitative estimate of drug-likeness (QED) is 0.376. The van der Waals surface area contributed by atoms with Gasteiger partial charge in [-0.15, -0.1) is 0 Å².